The molecule has 1 saturated carbocycles. The molecule has 164 valence electrons. The van der Waals surface area contributed by atoms with Gasteiger partial charge in [-0.05, 0) is 49.8 Å². The molecule has 4 rings (SSSR count). The number of likely N-dealkylation sites (tertiary alicyclic amines) is 1. The Hall–Kier alpha value is -1.93. The first-order valence-electron chi connectivity index (χ1n) is 10.8. The van der Waals surface area contributed by atoms with Gasteiger partial charge in [0, 0.05) is 42.5 Å². The summed E-state index contributed by atoms with van der Waals surface area (Å²) in [5, 5.41) is 0.382. The number of halogens is 1. The largest absolute Gasteiger partial charge is 0.344 e. The minimum Gasteiger partial charge on any atom is -0.344 e. The van der Waals surface area contributed by atoms with Crippen LogP contribution >= 0.6 is 0 Å². The number of sulfone groups is 1. The van der Waals surface area contributed by atoms with Gasteiger partial charge in [0.2, 0.25) is 5.91 Å². The number of benzene rings is 1. The van der Waals surface area contributed by atoms with Crippen LogP contribution in [0.25, 0.3) is 10.9 Å². The third-order valence-corrected chi connectivity index (χ3v) is 7.84. The molecule has 0 radical (unpaired) electrons. The number of nitrogens with zero attached hydrogens (tertiary/aromatic N) is 2. The van der Waals surface area contributed by atoms with Crippen LogP contribution in [0.1, 0.15) is 44.9 Å². The number of amides is 1. The van der Waals surface area contributed by atoms with Crippen molar-refractivity contribution in [1.29, 1.82) is 0 Å². The second-order valence-electron chi connectivity index (χ2n) is 8.83. The molecule has 0 bridgehead atoms. The summed E-state index contributed by atoms with van der Waals surface area (Å²) in [6, 6.07) is 3.70. The highest BCUT2D eigenvalue weighted by Crippen LogP contribution is 2.31. The second-order valence-corrected chi connectivity index (χ2v) is 10.8. The molecular weight excluding hydrogens is 405 g/mol. The number of carbonyl (C=O) groups excluding carboxylic acids is 1. The van der Waals surface area contributed by atoms with Crippen LogP contribution in [0, 0.1) is 11.7 Å². The number of aromatic nitrogens is 1. The van der Waals surface area contributed by atoms with Crippen LogP contribution < -0.4 is 5.73 Å². The normalized spacial score (nSPS) is 22.0. The minimum atomic E-state index is -3.50. The highest BCUT2D eigenvalue weighted by atomic mass is 32.2. The summed E-state index contributed by atoms with van der Waals surface area (Å²) in [6.07, 6.45) is 9.96. The van der Waals surface area contributed by atoms with Crippen molar-refractivity contribution in [3.63, 3.8) is 0 Å². The number of hydrogen-bond donors (Lipinski definition) is 1. The molecular formula is C22H30FN3O3S. The Kier molecular flexibility index (Phi) is 5.90. The first-order chi connectivity index (χ1) is 14.3. The predicted octanol–water partition coefficient (Wildman–Crippen LogP) is 3.08. The number of nitrogens with two attached hydrogens (primary N) is 1. The second kappa shape index (κ2) is 8.30. The van der Waals surface area contributed by atoms with Gasteiger partial charge in [-0.25, -0.2) is 12.8 Å². The van der Waals surface area contributed by atoms with Crippen molar-refractivity contribution >= 4 is 26.6 Å². The summed E-state index contributed by atoms with van der Waals surface area (Å²) >= 11 is 0. The number of carbonyl (C=O) groups is 1. The molecule has 30 heavy (non-hydrogen) atoms. The van der Waals surface area contributed by atoms with E-state index < -0.39 is 21.7 Å². The molecule has 2 aliphatic rings. The SMILES string of the molecule is CS(=O)(=O)c1cn(C[C@@H]2CCCN2C(=O)[C@@H](N)C2CCCCC2)c2ccc(F)cc12. The predicted molar refractivity (Wildman–Crippen MR) is 114 cm³/mol. The van der Waals surface area contributed by atoms with Crippen molar-refractivity contribution in [2.45, 2.75) is 68.5 Å². The number of hydrogen-bond acceptors (Lipinski definition) is 4. The van der Waals surface area contributed by atoms with Gasteiger partial charge in [0.05, 0.1) is 10.9 Å². The van der Waals surface area contributed by atoms with Crippen LogP contribution in [0.3, 0.4) is 0 Å². The minimum absolute atomic E-state index is 0.00948. The van der Waals surface area contributed by atoms with Crippen molar-refractivity contribution in [1.82, 2.24) is 9.47 Å². The lowest BCUT2D eigenvalue weighted by Crippen LogP contribution is -2.50. The maximum Gasteiger partial charge on any atom is 0.240 e. The van der Waals surface area contributed by atoms with E-state index in [4.69, 9.17) is 5.73 Å². The fourth-order valence-electron chi connectivity index (χ4n) is 5.11. The Morgan fingerprint density at radius 2 is 1.93 bits per heavy atom. The lowest BCUT2D eigenvalue weighted by molar-refractivity contribution is -0.135. The molecule has 6 nitrogen and oxygen atoms in total. The van der Waals surface area contributed by atoms with E-state index in [1.807, 2.05) is 9.47 Å². The molecule has 0 unspecified atom stereocenters. The highest BCUT2D eigenvalue weighted by molar-refractivity contribution is 7.91. The Morgan fingerprint density at radius 1 is 1.20 bits per heavy atom. The lowest BCUT2D eigenvalue weighted by atomic mass is 9.83. The molecule has 1 aliphatic carbocycles. The molecule has 2 fully saturated rings. The van der Waals surface area contributed by atoms with Crippen molar-refractivity contribution in [3.05, 3.63) is 30.2 Å². The maximum atomic E-state index is 13.8. The summed E-state index contributed by atoms with van der Waals surface area (Å²) in [5.74, 6) is -0.212. The van der Waals surface area contributed by atoms with Gasteiger partial charge >= 0.3 is 0 Å². The zero-order chi connectivity index (χ0) is 21.5. The summed E-state index contributed by atoms with van der Waals surface area (Å²) < 4.78 is 40.1. The van der Waals surface area contributed by atoms with E-state index in [0.717, 1.165) is 44.8 Å². The van der Waals surface area contributed by atoms with E-state index in [1.165, 1.54) is 18.6 Å². The summed E-state index contributed by atoms with van der Waals surface area (Å²) in [6.45, 7) is 1.15. The highest BCUT2D eigenvalue weighted by Gasteiger charge is 2.35. The molecule has 2 aromatic rings. The number of rotatable bonds is 5. The molecule has 1 amide bonds. The molecule has 1 aliphatic heterocycles. The lowest BCUT2D eigenvalue weighted by Gasteiger charge is -2.32. The average molecular weight is 436 g/mol. The Balaban J connectivity index is 1.59. The van der Waals surface area contributed by atoms with Crippen molar-refractivity contribution < 1.29 is 17.6 Å². The standard InChI is InChI=1S/C22H30FN3O3S/c1-30(28,29)20-14-25(19-10-9-16(23)12-18(19)20)13-17-8-5-11-26(17)22(27)21(24)15-6-3-2-4-7-15/h9-10,12,14-15,17,21H,2-8,11,13,24H2,1H3/t17-,21-/m0/s1. The fraction of sp³-hybridized carbons (Fsp3) is 0.591. The van der Waals surface area contributed by atoms with Crippen LogP contribution in [0.15, 0.2) is 29.3 Å². The Bertz CT molecular complexity index is 1040. The van der Waals surface area contributed by atoms with Gasteiger partial charge in [0.1, 0.15) is 5.82 Å². The van der Waals surface area contributed by atoms with E-state index in [9.17, 15) is 17.6 Å². The Labute approximate surface area is 177 Å². The fourth-order valence-corrected chi connectivity index (χ4v) is 5.99. The molecule has 2 N–H and O–H groups in total. The summed E-state index contributed by atoms with van der Waals surface area (Å²) in [7, 11) is -3.50. The Morgan fingerprint density at radius 3 is 2.63 bits per heavy atom. The third kappa shape index (κ3) is 4.12. The van der Waals surface area contributed by atoms with Crippen molar-refractivity contribution in [2.75, 3.05) is 12.8 Å². The van der Waals surface area contributed by atoms with Crippen LogP contribution in [0.4, 0.5) is 4.39 Å². The summed E-state index contributed by atoms with van der Waals surface area (Å²) in [4.78, 5) is 15.2. The monoisotopic (exact) mass is 435 g/mol. The quantitative estimate of drug-likeness (QED) is 0.782. The smallest absolute Gasteiger partial charge is 0.240 e. The van der Waals surface area contributed by atoms with E-state index >= 15 is 0 Å². The van der Waals surface area contributed by atoms with E-state index in [-0.39, 0.29) is 22.8 Å². The maximum absolute atomic E-state index is 13.8. The zero-order valence-corrected chi connectivity index (χ0v) is 18.2. The van der Waals surface area contributed by atoms with Crippen molar-refractivity contribution in [3.8, 4) is 0 Å². The van der Waals surface area contributed by atoms with Crippen LogP contribution in [0.5, 0.6) is 0 Å². The van der Waals surface area contributed by atoms with E-state index in [1.54, 1.807) is 12.3 Å². The molecule has 2 heterocycles. The van der Waals surface area contributed by atoms with Gasteiger partial charge in [-0.3, -0.25) is 4.79 Å². The molecule has 2 atom stereocenters. The topological polar surface area (TPSA) is 85.4 Å². The third-order valence-electron chi connectivity index (χ3n) is 6.72. The van der Waals surface area contributed by atoms with Gasteiger partial charge in [0.15, 0.2) is 9.84 Å². The molecule has 0 spiro atoms. The van der Waals surface area contributed by atoms with Gasteiger partial charge in [-0.2, -0.15) is 0 Å². The van der Waals surface area contributed by atoms with Crippen LogP contribution in [0.2, 0.25) is 0 Å². The van der Waals surface area contributed by atoms with Gasteiger partial charge in [-0.15, -0.1) is 0 Å². The molecule has 1 saturated heterocycles. The first-order valence-corrected chi connectivity index (χ1v) is 12.7. The van der Waals surface area contributed by atoms with Crippen molar-refractivity contribution in [2.24, 2.45) is 11.7 Å². The summed E-state index contributed by atoms with van der Waals surface area (Å²) in [5.41, 5.74) is 7.04. The van der Waals surface area contributed by atoms with E-state index in [0.29, 0.717) is 24.0 Å². The van der Waals surface area contributed by atoms with Crippen LogP contribution in [-0.4, -0.2) is 48.7 Å². The molecule has 1 aromatic carbocycles. The number of fused-ring (bicyclic) bond motifs is 1. The van der Waals surface area contributed by atoms with E-state index in [2.05, 4.69) is 0 Å². The van der Waals surface area contributed by atoms with Gasteiger partial charge in [0.25, 0.3) is 0 Å². The van der Waals surface area contributed by atoms with Gasteiger partial charge < -0.3 is 15.2 Å². The first kappa shape index (κ1) is 21.3. The van der Waals surface area contributed by atoms with Crippen LogP contribution in [-0.2, 0) is 21.2 Å². The molecule has 8 heteroatoms. The molecule has 1 aromatic heterocycles. The van der Waals surface area contributed by atoms with Gasteiger partial charge in [-0.1, -0.05) is 19.3 Å². The zero-order valence-electron chi connectivity index (χ0n) is 17.4. The average Bonchev–Trinajstić information content (AvgIpc) is 3.32.